The van der Waals surface area contributed by atoms with Crippen LogP contribution in [0.15, 0.2) is 88.1 Å². The predicted molar refractivity (Wildman–Crippen MR) is 203 cm³/mol. The summed E-state index contributed by atoms with van der Waals surface area (Å²) in [5.41, 5.74) is 10.4. The summed E-state index contributed by atoms with van der Waals surface area (Å²) < 4.78 is 99.4. The van der Waals surface area contributed by atoms with Gasteiger partial charge in [0.1, 0.15) is 29.7 Å². The largest absolute Gasteiger partial charge is 0.497 e. The fourth-order valence-corrected chi connectivity index (χ4v) is 6.17. The second kappa shape index (κ2) is 21.9. The zero-order chi connectivity index (χ0) is 43.0. The summed E-state index contributed by atoms with van der Waals surface area (Å²) >= 11 is 0. The van der Waals surface area contributed by atoms with Crippen LogP contribution < -0.4 is 30.6 Å². The molecule has 2 aromatic carbocycles. The highest BCUT2D eigenvalue weighted by atomic mass is 32.2. The standard InChI is InChI=1S/C33H36F3N5O3.2CH2N2O3S/c1-40(2)28-17-23(22-6-5-7-25(16-22)33(34,35)36)9-12-29(28)44-32-13-10-26(19-38-32)41(31-14-15-37-21-39-31)20-24-8-11-27(42-3)18-30(24)43-4;2*2-1(4)3-7(5)6/h5-8,10-11,13-16,18-19,21,23,28-29H,9,12,17,20H2,1-4H3;2*(H2,2,4)/t23-,28-,29-;;/m0../s1. The minimum Gasteiger partial charge on any atom is -0.497 e. The molecule has 1 fully saturated rings. The van der Waals surface area contributed by atoms with Gasteiger partial charge in [-0.2, -0.15) is 30.0 Å². The highest BCUT2D eigenvalue weighted by Gasteiger charge is 2.36. The van der Waals surface area contributed by atoms with E-state index in [1.165, 1.54) is 18.5 Å². The average molecular weight is 852 g/mol. The molecular formula is C35H40F3N9O9S2. The van der Waals surface area contributed by atoms with Gasteiger partial charge in [-0.15, -0.1) is 0 Å². The number of ether oxygens (including phenoxy) is 3. The SMILES string of the molecule is COc1ccc(CN(c2ccc(O[C@H]3CC[C@H](c4cccc(C(F)(F)F)c4)C[C@@H]3N(C)C)nc2)c2ccncn2)c(OC)c1.NC(=O)N=S(=O)=O.NC(=O)N=S(=O)=O. The zero-order valence-electron chi connectivity index (χ0n) is 31.5. The number of carbonyl (C=O) groups excluding carboxylic acids is 2. The van der Waals surface area contributed by atoms with Gasteiger partial charge in [-0.3, -0.25) is 0 Å². The van der Waals surface area contributed by atoms with Gasteiger partial charge in [0, 0.05) is 29.9 Å². The van der Waals surface area contributed by atoms with E-state index in [2.05, 4.69) is 40.0 Å². The summed E-state index contributed by atoms with van der Waals surface area (Å²) in [4.78, 5) is 36.2. The van der Waals surface area contributed by atoms with Gasteiger partial charge in [0.15, 0.2) is 0 Å². The number of amides is 4. The number of hydrogen-bond acceptors (Lipinski definition) is 14. The molecule has 1 aliphatic carbocycles. The summed E-state index contributed by atoms with van der Waals surface area (Å²) in [6.07, 6.45) is 2.50. The number of nitrogens with two attached hydrogens (primary N) is 2. The molecule has 0 radical (unpaired) electrons. The summed E-state index contributed by atoms with van der Waals surface area (Å²) in [7, 11) is 1.78. The summed E-state index contributed by atoms with van der Waals surface area (Å²) in [6.45, 7) is 0.453. The molecule has 1 saturated carbocycles. The van der Waals surface area contributed by atoms with Crippen LogP contribution in [0.25, 0.3) is 0 Å². The first-order valence-corrected chi connectivity index (χ1v) is 18.9. The number of methoxy groups -OCH3 is 2. The minimum absolute atomic E-state index is 0.00447. The van der Waals surface area contributed by atoms with Gasteiger partial charge in [-0.25, -0.2) is 24.5 Å². The number of anilines is 2. The van der Waals surface area contributed by atoms with Crippen LogP contribution in [0.1, 0.15) is 41.9 Å². The maximum absolute atomic E-state index is 13.3. The molecule has 0 spiro atoms. The number of primary amides is 2. The van der Waals surface area contributed by atoms with Gasteiger partial charge < -0.3 is 35.5 Å². The lowest BCUT2D eigenvalue weighted by atomic mass is 9.79. The van der Waals surface area contributed by atoms with E-state index in [1.54, 1.807) is 32.7 Å². The van der Waals surface area contributed by atoms with Gasteiger partial charge in [-0.05, 0) is 75.2 Å². The van der Waals surface area contributed by atoms with Crippen molar-refractivity contribution in [2.45, 2.75) is 50.0 Å². The van der Waals surface area contributed by atoms with Crippen LogP contribution in [0.3, 0.4) is 0 Å². The Hall–Kier alpha value is -6.20. The van der Waals surface area contributed by atoms with Crippen LogP contribution in [0, 0.1) is 0 Å². The molecule has 2 aromatic heterocycles. The number of aromatic nitrogens is 3. The molecule has 1 aliphatic rings. The van der Waals surface area contributed by atoms with Crippen LogP contribution in [-0.4, -0.2) is 89.2 Å². The molecule has 0 unspecified atom stereocenters. The second-order valence-corrected chi connectivity index (χ2v) is 13.5. The number of benzene rings is 2. The number of rotatable bonds is 10. The number of pyridine rings is 1. The molecule has 0 aliphatic heterocycles. The lowest BCUT2D eigenvalue weighted by molar-refractivity contribution is -0.137. The normalized spacial score (nSPS) is 15.9. The van der Waals surface area contributed by atoms with Crippen molar-refractivity contribution in [3.8, 4) is 17.4 Å². The Labute approximate surface area is 334 Å². The van der Waals surface area contributed by atoms with E-state index in [0.717, 1.165) is 23.7 Å². The summed E-state index contributed by atoms with van der Waals surface area (Å²) in [6, 6.07) is 14.6. The predicted octanol–water partition coefficient (Wildman–Crippen LogP) is 5.15. The maximum Gasteiger partial charge on any atom is 0.416 e. The van der Waals surface area contributed by atoms with Gasteiger partial charge in [-0.1, -0.05) is 26.9 Å². The Kier molecular flexibility index (Phi) is 17.5. The highest BCUT2D eigenvalue weighted by Crippen LogP contribution is 2.39. The van der Waals surface area contributed by atoms with Gasteiger partial charge in [0.2, 0.25) is 5.88 Å². The van der Waals surface area contributed by atoms with Gasteiger partial charge in [0.05, 0.1) is 38.2 Å². The highest BCUT2D eigenvalue weighted by molar-refractivity contribution is 7.62. The quantitative estimate of drug-likeness (QED) is 0.210. The first-order chi connectivity index (χ1) is 27.4. The molecule has 4 N–H and O–H groups in total. The van der Waals surface area contributed by atoms with Crippen molar-refractivity contribution < 1.29 is 53.8 Å². The Morgan fingerprint density at radius 2 is 1.59 bits per heavy atom. The van der Waals surface area contributed by atoms with Crippen molar-refractivity contribution in [3.63, 3.8) is 0 Å². The van der Waals surface area contributed by atoms with Crippen molar-refractivity contribution >= 4 is 44.6 Å². The van der Waals surface area contributed by atoms with Gasteiger partial charge >= 0.3 is 39.2 Å². The number of alkyl halides is 3. The van der Waals surface area contributed by atoms with Crippen molar-refractivity contribution in [2.75, 3.05) is 33.2 Å². The Bertz CT molecular complexity index is 2220. The average Bonchev–Trinajstić information content (AvgIpc) is 3.17. The number of urea groups is 2. The molecule has 23 heteroatoms. The summed E-state index contributed by atoms with van der Waals surface area (Å²) in [5, 5.41) is 0. The van der Waals surface area contributed by atoms with E-state index >= 15 is 0 Å². The van der Waals surface area contributed by atoms with Crippen LogP contribution >= 0.6 is 0 Å². The zero-order valence-corrected chi connectivity index (χ0v) is 33.1. The van der Waals surface area contributed by atoms with Crippen molar-refractivity contribution in [3.05, 3.63) is 96.1 Å². The fourth-order valence-electron chi connectivity index (χ4n) is 5.88. The number of hydrogen-bond donors (Lipinski definition) is 2. The van der Waals surface area contributed by atoms with E-state index in [1.807, 2.05) is 55.4 Å². The molecule has 0 saturated heterocycles. The van der Waals surface area contributed by atoms with Gasteiger partial charge in [0.25, 0.3) is 0 Å². The maximum atomic E-state index is 13.3. The lowest BCUT2D eigenvalue weighted by Crippen LogP contribution is -2.46. The molecule has 4 aromatic rings. The molecule has 4 amide bonds. The number of likely N-dealkylation sites (N-methyl/N-ethyl adjacent to an activating group) is 1. The molecule has 2 heterocycles. The first-order valence-electron chi connectivity index (χ1n) is 16.8. The number of halogens is 3. The second-order valence-electron chi connectivity index (χ2n) is 12.3. The van der Waals surface area contributed by atoms with Crippen molar-refractivity contribution in [1.82, 2.24) is 19.9 Å². The van der Waals surface area contributed by atoms with E-state index in [4.69, 9.17) is 14.2 Å². The fraction of sp³-hybridized carbons (Fsp3) is 0.343. The lowest BCUT2D eigenvalue weighted by Gasteiger charge is -2.39. The van der Waals surface area contributed by atoms with Crippen LogP contribution in [0.5, 0.6) is 17.4 Å². The minimum atomic E-state index is -4.36. The molecule has 58 heavy (non-hydrogen) atoms. The molecular weight excluding hydrogens is 812 g/mol. The Morgan fingerprint density at radius 3 is 2.09 bits per heavy atom. The molecule has 3 atom stereocenters. The van der Waals surface area contributed by atoms with Crippen LogP contribution in [0.4, 0.5) is 34.3 Å². The van der Waals surface area contributed by atoms with E-state index in [-0.39, 0.29) is 18.1 Å². The Morgan fingerprint density at radius 1 is 0.897 bits per heavy atom. The third kappa shape index (κ3) is 14.7. The van der Waals surface area contributed by atoms with E-state index in [0.29, 0.717) is 48.1 Å². The number of nitrogens with zero attached hydrogens (tertiary/aromatic N) is 7. The van der Waals surface area contributed by atoms with Crippen LogP contribution in [0.2, 0.25) is 0 Å². The summed E-state index contributed by atoms with van der Waals surface area (Å²) in [5.74, 6) is 2.56. The molecule has 0 bridgehead atoms. The molecule has 18 nitrogen and oxygen atoms in total. The Balaban J connectivity index is 0.000000550. The third-order valence-corrected chi connectivity index (χ3v) is 9.06. The first kappa shape index (κ1) is 46.2. The molecule has 312 valence electrons. The van der Waals surface area contributed by atoms with E-state index in [9.17, 15) is 39.6 Å². The molecule has 5 rings (SSSR count). The smallest absolute Gasteiger partial charge is 0.416 e. The third-order valence-electron chi connectivity index (χ3n) is 8.40. The number of carbonyl (C=O) groups is 2. The van der Waals surface area contributed by atoms with Crippen LogP contribution in [-0.2, 0) is 33.7 Å². The van der Waals surface area contributed by atoms with E-state index < -0.39 is 44.8 Å². The monoisotopic (exact) mass is 851 g/mol. The van der Waals surface area contributed by atoms with Crippen molar-refractivity contribution in [2.24, 2.45) is 20.2 Å². The van der Waals surface area contributed by atoms with Crippen molar-refractivity contribution in [1.29, 1.82) is 0 Å². The topological polar surface area (TPSA) is 252 Å².